The van der Waals surface area contributed by atoms with Crippen LogP contribution in [-0.4, -0.2) is 30.0 Å². The van der Waals surface area contributed by atoms with Gasteiger partial charge in [-0.05, 0) is 6.92 Å². The second-order valence-electron chi connectivity index (χ2n) is 2.25. The fourth-order valence-corrected chi connectivity index (χ4v) is 0.925. The number of hydrogen-bond donors (Lipinski definition) is 2. The number of ketones is 1. The van der Waals surface area contributed by atoms with Gasteiger partial charge in [-0.2, -0.15) is 0 Å². The van der Waals surface area contributed by atoms with Crippen molar-refractivity contribution in [3.63, 3.8) is 0 Å². The number of carboxylic acid groups (broad SMARTS) is 1. The molecular weight excluding hydrogens is 162 g/mol. The number of carbonyl (C=O) groups excluding carboxylic acids is 1. The Morgan fingerprint density at radius 2 is 2.42 bits per heavy atom. The number of nitrogens with one attached hydrogen (secondary N) is 1. The van der Waals surface area contributed by atoms with Crippen molar-refractivity contribution in [2.45, 2.75) is 6.92 Å². The van der Waals surface area contributed by atoms with E-state index in [-0.39, 0.29) is 18.1 Å². The molecule has 1 heterocycles. The van der Waals surface area contributed by atoms with Crippen LogP contribution in [0.15, 0.2) is 11.5 Å². The van der Waals surface area contributed by atoms with Crippen LogP contribution in [0.2, 0.25) is 0 Å². The van der Waals surface area contributed by atoms with Gasteiger partial charge in [-0.1, -0.05) is 0 Å². The van der Waals surface area contributed by atoms with Gasteiger partial charge in [-0.3, -0.25) is 4.79 Å². The van der Waals surface area contributed by atoms with Gasteiger partial charge in [0.2, 0.25) is 11.7 Å². The Balaban J connectivity index is 2.90. The molecule has 1 rings (SSSR count). The fourth-order valence-electron chi connectivity index (χ4n) is 0.925. The van der Waals surface area contributed by atoms with E-state index in [2.05, 4.69) is 5.32 Å². The molecule has 2 N–H and O–H groups in total. The minimum absolute atomic E-state index is 0.0787. The van der Waals surface area contributed by atoms with E-state index in [0.717, 1.165) is 0 Å². The van der Waals surface area contributed by atoms with Crippen LogP contribution < -0.4 is 5.32 Å². The molecule has 0 aromatic carbocycles. The van der Waals surface area contributed by atoms with Gasteiger partial charge in [-0.25, -0.2) is 4.79 Å². The normalized spacial score (nSPS) is 16.2. The van der Waals surface area contributed by atoms with Crippen LogP contribution in [0.25, 0.3) is 0 Å². The summed E-state index contributed by atoms with van der Waals surface area (Å²) in [6, 6.07) is 0. The highest BCUT2D eigenvalue weighted by molar-refractivity contribution is 6.18. The van der Waals surface area contributed by atoms with Crippen molar-refractivity contribution in [2.24, 2.45) is 0 Å². The zero-order valence-electron chi connectivity index (χ0n) is 6.59. The van der Waals surface area contributed by atoms with E-state index in [9.17, 15) is 9.59 Å². The first-order valence-electron chi connectivity index (χ1n) is 3.54. The van der Waals surface area contributed by atoms with Crippen molar-refractivity contribution < 1.29 is 19.4 Å². The molecule has 5 nitrogen and oxygen atoms in total. The molecule has 0 aromatic heterocycles. The molecule has 0 unspecified atom stereocenters. The van der Waals surface area contributed by atoms with Gasteiger partial charge in [-0.15, -0.1) is 0 Å². The lowest BCUT2D eigenvalue weighted by Gasteiger charge is -2.02. The molecule has 1 aliphatic rings. The molecule has 12 heavy (non-hydrogen) atoms. The first-order valence-corrected chi connectivity index (χ1v) is 3.54. The van der Waals surface area contributed by atoms with Crippen molar-refractivity contribution in [3.8, 4) is 0 Å². The van der Waals surface area contributed by atoms with Crippen LogP contribution in [0.1, 0.15) is 6.92 Å². The van der Waals surface area contributed by atoms with E-state index >= 15 is 0 Å². The van der Waals surface area contributed by atoms with Crippen LogP contribution in [0, 0.1) is 0 Å². The summed E-state index contributed by atoms with van der Waals surface area (Å²) in [5.74, 6) is -1.65. The van der Waals surface area contributed by atoms with E-state index in [4.69, 9.17) is 9.84 Å². The van der Waals surface area contributed by atoms with Crippen LogP contribution in [0.3, 0.4) is 0 Å². The number of Topliss-reactive ketones (excluding diaryl/α,β-unsaturated/α-hetero) is 1. The predicted octanol–water partition coefficient (Wildman–Crippen LogP) is -0.509. The smallest absolute Gasteiger partial charge is 0.344 e. The molecule has 0 aliphatic carbocycles. The van der Waals surface area contributed by atoms with Crippen molar-refractivity contribution >= 4 is 11.8 Å². The van der Waals surface area contributed by atoms with Gasteiger partial charge in [0.15, 0.2) is 12.2 Å². The van der Waals surface area contributed by atoms with E-state index in [1.807, 2.05) is 0 Å². The van der Waals surface area contributed by atoms with Gasteiger partial charge in [0.1, 0.15) is 0 Å². The summed E-state index contributed by atoms with van der Waals surface area (Å²) in [5.41, 5.74) is -0.281. The van der Waals surface area contributed by atoms with Crippen molar-refractivity contribution in [2.75, 3.05) is 13.2 Å². The Kier molecular flexibility index (Phi) is 2.32. The predicted molar refractivity (Wildman–Crippen MR) is 39.3 cm³/mol. The Morgan fingerprint density at radius 1 is 1.75 bits per heavy atom. The molecule has 0 saturated carbocycles. The summed E-state index contributed by atoms with van der Waals surface area (Å²) in [7, 11) is 0. The maximum atomic E-state index is 10.9. The monoisotopic (exact) mass is 171 g/mol. The maximum absolute atomic E-state index is 10.9. The average Bonchev–Trinajstić information content (AvgIpc) is 2.32. The molecular formula is C7H9NO4. The van der Waals surface area contributed by atoms with Crippen LogP contribution in [0.4, 0.5) is 0 Å². The summed E-state index contributed by atoms with van der Waals surface area (Å²) in [6.45, 7) is 2.14. The standard InChI is InChI=1S/C7H9NO4/c1-2-8-6-5(7(10)11)4(9)3-12-6/h8H,2-3H2,1H3,(H,10,11). The quantitative estimate of drug-likeness (QED) is 0.559. The van der Waals surface area contributed by atoms with Crippen molar-refractivity contribution in [3.05, 3.63) is 11.5 Å². The van der Waals surface area contributed by atoms with Crippen LogP contribution >= 0.6 is 0 Å². The van der Waals surface area contributed by atoms with Crippen molar-refractivity contribution in [1.82, 2.24) is 5.32 Å². The zero-order valence-corrected chi connectivity index (χ0v) is 6.59. The Morgan fingerprint density at radius 3 is 2.92 bits per heavy atom. The molecule has 0 bridgehead atoms. The largest absolute Gasteiger partial charge is 0.477 e. The Bertz CT molecular complexity index is 256. The first-order chi connectivity index (χ1) is 5.66. The van der Waals surface area contributed by atoms with Crippen molar-refractivity contribution in [1.29, 1.82) is 0 Å². The molecule has 0 saturated heterocycles. The third-order valence-electron chi connectivity index (χ3n) is 1.40. The Labute approximate surface area is 69.0 Å². The number of hydrogen-bond acceptors (Lipinski definition) is 4. The molecule has 5 heteroatoms. The van der Waals surface area contributed by atoms with Crippen LogP contribution in [-0.2, 0) is 14.3 Å². The fraction of sp³-hybridized carbons (Fsp3) is 0.429. The molecule has 0 atom stereocenters. The van der Waals surface area contributed by atoms with E-state index in [1.165, 1.54) is 0 Å². The van der Waals surface area contributed by atoms with E-state index in [0.29, 0.717) is 6.54 Å². The molecule has 0 fully saturated rings. The minimum Gasteiger partial charge on any atom is -0.477 e. The Hall–Kier alpha value is -1.52. The molecule has 0 amide bonds. The molecule has 0 radical (unpaired) electrons. The zero-order chi connectivity index (χ0) is 9.14. The second kappa shape index (κ2) is 3.25. The number of carbonyl (C=O) groups is 2. The van der Waals surface area contributed by atoms with E-state index in [1.54, 1.807) is 6.92 Å². The highest BCUT2D eigenvalue weighted by Gasteiger charge is 2.30. The number of aliphatic carboxylic acids is 1. The first kappa shape index (κ1) is 8.58. The summed E-state index contributed by atoms with van der Waals surface area (Å²) >= 11 is 0. The lowest BCUT2D eigenvalue weighted by Crippen LogP contribution is -2.17. The summed E-state index contributed by atoms with van der Waals surface area (Å²) in [5, 5.41) is 11.2. The number of carboxylic acids is 1. The number of ether oxygens (including phenoxy) is 1. The van der Waals surface area contributed by atoms with Gasteiger partial charge >= 0.3 is 5.97 Å². The summed E-state index contributed by atoms with van der Waals surface area (Å²) in [4.78, 5) is 21.4. The highest BCUT2D eigenvalue weighted by Crippen LogP contribution is 2.13. The van der Waals surface area contributed by atoms with Gasteiger partial charge in [0.05, 0.1) is 0 Å². The SMILES string of the molecule is CCNC1=C(C(=O)O)C(=O)CO1. The van der Waals surface area contributed by atoms with Crippen LogP contribution in [0.5, 0.6) is 0 Å². The summed E-state index contributed by atoms with van der Waals surface area (Å²) in [6.07, 6.45) is 0. The molecule has 0 spiro atoms. The average molecular weight is 171 g/mol. The third-order valence-corrected chi connectivity index (χ3v) is 1.40. The van der Waals surface area contributed by atoms with Gasteiger partial charge in [0, 0.05) is 6.54 Å². The molecule has 66 valence electrons. The maximum Gasteiger partial charge on any atom is 0.344 e. The lowest BCUT2D eigenvalue weighted by molar-refractivity contribution is -0.134. The number of rotatable bonds is 3. The van der Waals surface area contributed by atoms with Gasteiger partial charge < -0.3 is 15.2 Å². The summed E-state index contributed by atoms with van der Waals surface area (Å²) < 4.78 is 4.82. The topological polar surface area (TPSA) is 75.6 Å². The highest BCUT2D eigenvalue weighted by atomic mass is 16.5. The third kappa shape index (κ3) is 1.39. The lowest BCUT2D eigenvalue weighted by atomic mass is 10.2. The molecule has 1 aliphatic heterocycles. The van der Waals surface area contributed by atoms with Gasteiger partial charge in [0.25, 0.3) is 0 Å². The molecule has 0 aromatic rings. The minimum atomic E-state index is -1.24. The second-order valence-corrected chi connectivity index (χ2v) is 2.25. The van der Waals surface area contributed by atoms with E-state index < -0.39 is 11.8 Å².